The van der Waals surface area contributed by atoms with Crippen LogP contribution in [0.15, 0.2) is 47.6 Å². The van der Waals surface area contributed by atoms with Crippen molar-refractivity contribution in [3.8, 4) is 5.75 Å². The van der Waals surface area contributed by atoms with Gasteiger partial charge in [0.2, 0.25) is 5.91 Å². The molecule has 1 amide bonds. The fourth-order valence-corrected chi connectivity index (χ4v) is 3.86. The Morgan fingerprint density at radius 3 is 2.73 bits per heavy atom. The Hall–Kier alpha value is -2.51. The number of aryl methyl sites for hydroxylation is 3. The third-order valence-corrected chi connectivity index (χ3v) is 5.87. The number of amides is 1. The van der Waals surface area contributed by atoms with Crippen molar-refractivity contribution in [2.75, 3.05) is 17.7 Å². The van der Waals surface area contributed by atoms with E-state index in [1.807, 2.05) is 67.9 Å². The molecule has 2 aromatic carbocycles. The number of nitrogens with one attached hydrogen (secondary N) is 1. The predicted molar refractivity (Wildman–Crippen MR) is 122 cm³/mol. The van der Waals surface area contributed by atoms with Gasteiger partial charge in [-0.2, -0.15) is 0 Å². The largest absolute Gasteiger partial charge is 0.493 e. The minimum absolute atomic E-state index is 0.0643. The van der Waals surface area contributed by atoms with E-state index in [1.54, 1.807) is 0 Å². The average molecular weight is 445 g/mol. The second kappa shape index (κ2) is 10.5. The molecule has 0 radical (unpaired) electrons. The normalized spacial score (nSPS) is 10.8. The number of halogens is 1. The number of thioether (sulfide) groups is 1. The summed E-state index contributed by atoms with van der Waals surface area (Å²) in [5.41, 5.74) is 2.88. The highest BCUT2D eigenvalue weighted by Crippen LogP contribution is 2.22. The third kappa shape index (κ3) is 6.00. The molecular weight excluding hydrogens is 420 g/mol. The maximum atomic E-state index is 12.2. The standard InChI is InChI=1S/C22H25ClN4O2S/c1-15-7-4-5-8-18(15)24-21(28)14-30-22-26-25-20(27(22)3)9-6-12-29-19-11-10-17(23)13-16(19)2/h4-5,7-8,10-11,13H,6,9,12,14H2,1-3H3,(H,24,28). The molecule has 1 aromatic heterocycles. The van der Waals surface area contributed by atoms with E-state index in [-0.39, 0.29) is 11.7 Å². The second-order valence-corrected chi connectivity index (χ2v) is 8.35. The Kier molecular flexibility index (Phi) is 7.76. The zero-order chi connectivity index (χ0) is 21.5. The minimum atomic E-state index is -0.0643. The Morgan fingerprint density at radius 2 is 1.97 bits per heavy atom. The molecule has 30 heavy (non-hydrogen) atoms. The number of rotatable bonds is 9. The first-order valence-electron chi connectivity index (χ1n) is 9.69. The van der Waals surface area contributed by atoms with Crippen molar-refractivity contribution in [2.24, 2.45) is 7.05 Å². The molecular formula is C22H25ClN4O2S. The number of carbonyl (C=O) groups excluding carboxylic acids is 1. The van der Waals surface area contributed by atoms with Crippen molar-refractivity contribution in [1.82, 2.24) is 14.8 Å². The molecule has 0 aliphatic carbocycles. The van der Waals surface area contributed by atoms with E-state index in [9.17, 15) is 4.79 Å². The van der Waals surface area contributed by atoms with Crippen LogP contribution in [0.5, 0.6) is 5.75 Å². The van der Waals surface area contributed by atoms with E-state index in [4.69, 9.17) is 16.3 Å². The number of para-hydroxylation sites is 1. The van der Waals surface area contributed by atoms with Crippen molar-refractivity contribution < 1.29 is 9.53 Å². The first kappa shape index (κ1) is 22.2. The van der Waals surface area contributed by atoms with Gasteiger partial charge in [-0.15, -0.1) is 10.2 Å². The molecule has 0 aliphatic heterocycles. The van der Waals surface area contributed by atoms with Crippen molar-refractivity contribution in [3.63, 3.8) is 0 Å². The number of hydrogen-bond acceptors (Lipinski definition) is 5. The number of ether oxygens (including phenoxy) is 1. The molecule has 1 N–H and O–H groups in total. The molecule has 0 saturated carbocycles. The molecule has 0 aliphatic rings. The average Bonchev–Trinajstić information content (AvgIpc) is 3.06. The van der Waals surface area contributed by atoms with Crippen LogP contribution < -0.4 is 10.1 Å². The first-order chi connectivity index (χ1) is 14.4. The van der Waals surface area contributed by atoms with Crippen LogP contribution in [0.1, 0.15) is 23.4 Å². The van der Waals surface area contributed by atoms with Crippen LogP contribution in [0.4, 0.5) is 5.69 Å². The van der Waals surface area contributed by atoms with Crippen LogP contribution in [-0.2, 0) is 18.3 Å². The van der Waals surface area contributed by atoms with Gasteiger partial charge in [0.25, 0.3) is 0 Å². The van der Waals surface area contributed by atoms with Gasteiger partial charge in [0.1, 0.15) is 11.6 Å². The van der Waals surface area contributed by atoms with Gasteiger partial charge in [0.05, 0.1) is 12.4 Å². The van der Waals surface area contributed by atoms with E-state index in [2.05, 4.69) is 15.5 Å². The Balaban J connectivity index is 1.45. The van der Waals surface area contributed by atoms with Gasteiger partial charge in [0, 0.05) is 24.2 Å². The van der Waals surface area contributed by atoms with Gasteiger partial charge < -0.3 is 14.6 Å². The van der Waals surface area contributed by atoms with Crippen LogP contribution in [0.3, 0.4) is 0 Å². The van der Waals surface area contributed by atoms with Crippen molar-refractivity contribution in [3.05, 3.63) is 64.4 Å². The van der Waals surface area contributed by atoms with E-state index in [1.165, 1.54) is 11.8 Å². The summed E-state index contributed by atoms with van der Waals surface area (Å²) in [6.45, 7) is 4.52. The zero-order valence-corrected chi connectivity index (χ0v) is 18.9. The zero-order valence-electron chi connectivity index (χ0n) is 17.3. The molecule has 3 aromatic rings. The van der Waals surface area contributed by atoms with E-state index in [0.29, 0.717) is 11.6 Å². The molecule has 0 spiro atoms. The maximum absolute atomic E-state index is 12.2. The maximum Gasteiger partial charge on any atom is 0.234 e. The van der Waals surface area contributed by atoms with E-state index in [0.717, 1.165) is 46.4 Å². The summed E-state index contributed by atoms with van der Waals surface area (Å²) < 4.78 is 7.76. The summed E-state index contributed by atoms with van der Waals surface area (Å²) in [5, 5.41) is 12.8. The Labute approximate surface area is 186 Å². The van der Waals surface area contributed by atoms with Crippen LogP contribution in [-0.4, -0.2) is 33.0 Å². The summed E-state index contributed by atoms with van der Waals surface area (Å²) >= 11 is 7.34. The fourth-order valence-electron chi connectivity index (χ4n) is 2.91. The van der Waals surface area contributed by atoms with E-state index >= 15 is 0 Å². The second-order valence-electron chi connectivity index (χ2n) is 6.97. The molecule has 8 heteroatoms. The molecule has 0 fully saturated rings. The molecule has 158 valence electrons. The monoisotopic (exact) mass is 444 g/mol. The lowest BCUT2D eigenvalue weighted by Crippen LogP contribution is -2.15. The summed E-state index contributed by atoms with van der Waals surface area (Å²) in [6, 6.07) is 13.3. The number of nitrogens with zero attached hydrogens (tertiary/aromatic N) is 3. The highest BCUT2D eigenvalue weighted by atomic mass is 35.5. The van der Waals surface area contributed by atoms with Crippen LogP contribution in [0.2, 0.25) is 5.02 Å². The molecule has 3 rings (SSSR count). The third-order valence-electron chi connectivity index (χ3n) is 4.62. The summed E-state index contributed by atoms with van der Waals surface area (Å²) in [6.07, 6.45) is 1.55. The number of aromatic nitrogens is 3. The quantitative estimate of drug-likeness (QED) is 0.378. The minimum Gasteiger partial charge on any atom is -0.493 e. The summed E-state index contributed by atoms with van der Waals surface area (Å²) in [5.74, 6) is 1.92. The molecule has 6 nitrogen and oxygen atoms in total. The molecule has 1 heterocycles. The van der Waals surface area contributed by atoms with E-state index < -0.39 is 0 Å². The molecule has 0 unspecified atom stereocenters. The van der Waals surface area contributed by atoms with Crippen LogP contribution in [0, 0.1) is 13.8 Å². The van der Waals surface area contributed by atoms with Gasteiger partial charge in [0.15, 0.2) is 5.16 Å². The van der Waals surface area contributed by atoms with Gasteiger partial charge in [-0.3, -0.25) is 4.79 Å². The Bertz CT molecular complexity index is 1020. The lowest BCUT2D eigenvalue weighted by atomic mass is 10.2. The molecule has 0 atom stereocenters. The first-order valence-corrected chi connectivity index (χ1v) is 11.1. The van der Waals surface area contributed by atoms with Crippen molar-refractivity contribution in [1.29, 1.82) is 0 Å². The predicted octanol–water partition coefficient (Wildman–Crippen LogP) is 4.83. The summed E-state index contributed by atoms with van der Waals surface area (Å²) in [4.78, 5) is 12.2. The smallest absolute Gasteiger partial charge is 0.234 e. The van der Waals surface area contributed by atoms with Gasteiger partial charge in [-0.1, -0.05) is 41.6 Å². The highest BCUT2D eigenvalue weighted by molar-refractivity contribution is 7.99. The highest BCUT2D eigenvalue weighted by Gasteiger charge is 2.12. The lowest BCUT2D eigenvalue weighted by Gasteiger charge is -2.09. The number of anilines is 1. The molecule has 0 bridgehead atoms. The Morgan fingerprint density at radius 1 is 1.17 bits per heavy atom. The number of benzene rings is 2. The topological polar surface area (TPSA) is 69.0 Å². The van der Waals surface area contributed by atoms with Crippen LogP contribution in [0.25, 0.3) is 0 Å². The lowest BCUT2D eigenvalue weighted by molar-refractivity contribution is -0.113. The number of hydrogen-bond donors (Lipinski definition) is 1. The number of carbonyl (C=O) groups is 1. The van der Waals surface area contributed by atoms with Gasteiger partial charge >= 0.3 is 0 Å². The SMILES string of the molecule is Cc1ccccc1NC(=O)CSc1nnc(CCCOc2ccc(Cl)cc2C)n1C. The van der Waals surface area contributed by atoms with Crippen molar-refractivity contribution >= 4 is 35.0 Å². The molecule has 0 saturated heterocycles. The van der Waals surface area contributed by atoms with Gasteiger partial charge in [-0.25, -0.2) is 0 Å². The van der Waals surface area contributed by atoms with Crippen molar-refractivity contribution in [2.45, 2.75) is 31.8 Å². The van der Waals surface area contributed by atoms with Crippen LogP contribution >= 0.6 is 23.4 Å². The fraction of sp³-hybridized carbons (Fsp3) is 0.318. The van der Waals surface area contributed by atoms with Gasteiger partial charge in [-0.05, 0) is 55.7 Å². The summed E-state index contributed by atoms with van der Waals surface area (Å²) in [7, 11) is 1.92.